The average Bonchev–Trinajstić information content (AvgIpc) is 3.03. The molecule has 2 fully saturated rings. The molecule has 4 atom stereocenters. The molecule has 36 heavy (non-hydrogen) atoms. The Morgan fingerprint density at radius 2 is 1.72 bits per heavy atom. The van der Waals surface area contributed by atoms with Gasteiger partial charge in [0.05, 0.1) is 25.3 Å². The van der Waals surface area contributed by atoms with Gasteiger partial charge < -0.3 is 13.9 Å². The van der Waals surface area contributed by atoms with Crippen LogP contribution in [0, 0.1) is 0 Å². The van der Waals surface area contributed by atoms with Crippen LogP contribution in [-0.4, -0.2) is 73.2 Å². The molecule has 0 N–H and O–H groups in total. The molecule has 2 aliphatic heterocycles. The fourth-order valence-electron chi connectivity index (χ4n) is 5.49. The summed E-state index contributed by atoms with van der Waals surface area (Å²) < 4.78 is 18.1. The van der Waals surface area contributed by atoms with Gasteiger partial charge >= 0.3 is 12.1 Å². The van der Waals surface area contributed by atoms with E-state index in [4.69, 9.17) is 13.9 Å². The van der Waals surface area contributed by atoms with Crippen molar-refractivity contribution in [3.8, 4) is 0 Å². The number of methoxy groups -OCH3 is 1. The van der Waals surface area contributed by atoms with E-state index in [0.717, 1.165) is 5.56 Å². The minimum atomic E-state index is -2.09. The smallest absolute Gasteiger partial charge is 0.411 e. The van der Waals surface area contributed by atoms with E-state index in [9.17, 15) is 9.59 Å². The van der Waals surface area contributed by atoms with Crippen LogP contribution >= 0.6 is 0 Å². The number of hydrogen-bond acceptors (Lipinski definition) is 6. The first kappa shape index (κ1) is 28.7. The third kappa shape index (κ3) is 5.65. The fraction of sp³-hybridized carbons (Fsp3) is 0.714. The number of ether oxygens (including phenoxy) is 2. The molecule has 0 spiro atoms. The Labute approximate surface area is 218 Å². The first-order valence-corrected chi connectivity index (χ1v) is 16.0. The molecule has 0 aliphatic carbocycles. The van der Waals surface area contributed by atoms with Gasteiger partial charge in [-0.1, -0.05) is 51.1 Å². The number of hydrogen-bond donors (Lipinski definition) is 0. The van der Waals surface area contributed by atoms with Crippen molar-refractivity contribution >= 4 is 20.4 Å². The first-order chi connectivity index (χ1) is 16.5. The van der Waals surface area contributed by atoms with Crippen LogP contribution in [0.2, 0.25) is 18.1 Å². The van der Waals surface area contributed by atoms with Crippen LogP contribution in [0.5, 0.6) is 0 Å². The van der Waals surface area contributed by atoms with Gasteiger partial charge in [-0.3, -0.25) is 9.80 Å². The number of likely N-dealkylation sites (tertiary alicyclic amines) is 1. The second-order valence-electron chi connectivity index (χ2n) is 12.9. The second kappa shape index (κ2) is 10.1. The fourth-order valence-corrected chi connectivity index (χ4v) is 6.92. The molecule has 7 nitrogen and oxygen atoms in total. The van der Waals surface area contributed by atoms with Crippen LogP contribution in [-0.2, 0) is 25.2 Å². The predicted octanol–water partition coefficient (Wildman–Crippen LogP) is 5.59. The molecule has 8 heteroatoms. The molecular formula is C28H46N2O5Si. The standard InChI is InChI=1S/C28H46N2O5Si/c1-20(35-36(9,10)27(5,6)7)23-22-16-17-28(24(31)33-8,30(22)25(32)34-26(2,3)4)19-29(23)18-21-14-12-11-13-15-21/h11-15,20,22-23H,16-19H2,1-10H3/t20?,22-,23+,28+/m0/s1. The minimum absolute atomic E-state index is 0.0521. The van der Waals surface area contributed by atoms with Gasteiger partial charge in [0.15, 0.2) is 13.9 Å². The molecule has 202 valence electrons. The summed E-state index contributed by atoms with van der Waals surface area (Å²) in [6, 6.07) is 9.95. The summed E-state index contributed by atoms with van der Waals surface area (Å²) in [6.45, 7) is 19.9. The van der Waals surface area contributed by atoms with Gasteiger partial charge in [-0.05, 0) is 64.2 Å². The Morgan fingerprint density at radius 3 is 2.25 bits per heavy atom. The summed E-state index contributed by atoms with van der Waals surface area (Å²) in [7, 11) is -0.693. The predicted molar refractivity (Wildman–Crippen MR) is 144 cm³/mol. The van der Waals surface area contributed by atoms with Crippen LogP contribution in [0.15, 0.2) is 30.3 Å². The van der Waals surface area contributed by atoms with E-state index < -0.39 is 25.6 Å². The molecule has 1 amide bonds. The number of benzene rings is 1. The summed E-state index contributed by atoms with van der Waals surface area (Å²) in [4.78, 5) is 31.0. The van der Waals surface area contributed by atoms with Crippen molar-refractivity contribution in [2.45, 2.75) is 115 Å². The molecule has 2 aliphatic rings. The molecule has 2 saturated heterocycles. The lowest BCUT2D eigenvalue weighted by Crippen LogP contribution is -2.72. The number of amides is 1. The quantitative estimate of drug-likeness (QED) is 0.361. The maximum atomic E-state index is 13.6. The Balaban J connectivity index is 2.06. The van der Waals surface area contributed by atoms with Gasteiger partial charge in [-0.15, -0.1) is 0 Å². The molecule has 2 bridgehead atoms. The average molecular weight is 519 g/mol. The number of rotatable bonds is 6. The lowest BCUT2D eigenvalue weighted by atomic mass is 9.91. The van der Waals surface area contributed by atoms with Crippen LogP contribution in [0.3, 0.4) is 0 Å². The van der Waals surface area contributed by atoms with Crippen molar-refractivity contribution in [1.29, 1.82) is 0 Å². The lowest BCUT2D eigenvalue weighted by molar-refractivity contribution is -0.163. The highest BCUT2D eigenvalue weighted by Crippen LogP contribution is 2.46. The molecule has 0 radical (unpaired) electrons. The number of fused-ring (bicyclic) bond motifs is 2. The SMILES string of the molecule is COC(=O)[C@@]12CC[C@@H]([C@@H](C(C)O[Si](C)(C)C(C)(C)C)N(Cc3ccccc3)C1)N2C(=O)OC(C)(C)C. The van der Waals surface area contributed by atoms with Crippen LogP contribution in [0.1, 0.15) is 66.9 Å². The van der Waals surface area contributed by atoms with Crippen molar-refractivity contribution in [3.05, 3.63) is 35.9 Å². The summed E-state index contributed by atoms with van der Waals surface area (Å²) in [5.74, 6) is -0.384. The maximum absolute atomic E-state index is 13.6. The number of carbonyl (C=O) groups excluding carboxylic acids is 2. The third-order valence-electron chi connectivity index (χ3n) is 8.08. The van der Waals surface area contributed by atoms with Crippen molar-refractivity contribution in [2.24, 2.45) is 0 Å². The number of esters is 1. The van der Waals surface area contributed by atoms with Gasteiger partial charge in [-0.25, -0.2) is 9.59 Å². The third-order valence-corrected chi connectivity index (χ3v) is 12.7. The molecule has 0 aromatic heterocycles. The zero-order chi connectivity index (χ0) is 27.1. The topological polar surface area (TPSA) is 68.3 Å². The second-order valence-corrected chi connectivity index (χ2v) is 17.7. The van der Waals surface area contributed by atoms with Gasteiger partial charge in [0.1, 0.15) is 5.60 Å². The zero-order valence-corrected chi connectivity index (χ0v) is 24.9. The number of piperazine rings is 1. The number of nitrogens with zero attached hydrogens (tertiary/aromatic N) is 2. The lowest BCUT2D eigenvalue weighted by Gasteiger charge is -2.53. The Bertz CT molecular complexity index is 939. The van der Waals surface area contributed by atoms with Crippen molar-refractivity contribution in [3.63, 3.8) is 0 Å². The van der Waals surface area contributed by atoms with E-state index in [1.807, 2.05) is 39.0 Å². The van der Waals surface area contributed by atoms with E-state index in [0.29, 0.717) is 25.9 Å². The van der Waals surface area contributed by atoms with Crippen LogP contribution < -0.4 is 0 Å². The van der Waals surface area contributed by atoms with E-state index in [-0.39, 0.29) is 29.2 Å². The molecular weight excluding hydrogens is 472 g/mol. The summed E-state index contributed by atoms with van der Waals surface area (Å²) >= 11 is 0. The summed E-state index contributed by atoms with van der Waals surface area (Å²) in [5, 5.41) is 0.0521. The van der Waals surface area contributed by atoms with Crippen LogP contribution in [0.4, 0.5) is 4.79 Å². The highest BCUT2D eigenvalue weighted by atomic mass is 28.4. The van der Waals surface area contributed by atoms with Crippen LogP contribution in [0.25, 0.3) is 0 Å². The first-order valence-electron chi connectivity index (χ1n) is 13.1. The molecule has 1 aromatic carbocycles. The van der Waals surface area contributed by atoms with E-state index in [2.05, 4.69) is 57.8 Å². The van der Waals surface area contributed by atoms with E-state index in [1.54, 1.807) is 4.90 Å². The molecule has 2 heterocycles. The van der Waals surface area contributed by atoms with Crippen molar-refractivity contribution < 1.29 is 23.5 Å². The molecule has 0 saturated carbocycles. The zero-order valence-electron chi connectivity index (χ0n) is 23.9. The van der Waals surface area contributed by atoms with Gasteiger partial charge in [0.25, 0.3) is 0 Å². The maximum Gasteiger partial charge on any atom is 0.411 e. The van der Waals surface area contributed by atoms with Gasteiger partial charge in [0, 0.05) is 13.1 Å². The Kier molecular flexibility index (Phi) is 8.04. The summed E-state index contributed by atoms with van der Waals surface area (Å²) in [6.07, 6.45) is 0.630. The summed E-state index contributed by atoms with van der Waals surface area (Å²) in [5.41, 5.74) is -0.593. The normalized spacial score (nSPS) is 26.0. The number of carbonyl (C=O) groups is 2. The minimum Gasteiger partial charge on any atom is -0.467 e. The monoisotopic (exact) mass is 518 g/mol. The highest BCUT2D eigenvalue weighted by molar-refractivity contribution is 6.74. The van der Waals surface area contributed by atoms with Crippen molar-refractivity contribution in [2.75, 3.05) is 13.7 Å². The molecule has 3 rings (SSSR count). The largest absolute Gasteiger partial charge is 0.467 e. The van der Waals surface area contributed by atoms with Gasteiger partial charge in [0.2, 0.25) is 0 Å². The Hall–Kier alpha value is -1.90. The molecule has 1 aromatic rings. The van der Waals surface area contributed by atoms with Crippen molar-refractivity contribution in [1.82, 2.24) is 9.80 Å². The van der Waals surface area contributed by atoms with E-state index >= 15 is 0 Å². The molecule has 1 unspecified atom stereocenters. The van der Waals surface area contributed by atoms with E-state index in [1.165, 1.54) is 7.11 Å². The van der Waals surface area contributed by atoms with Gasteiger partial charge in [-0.2, -0.15) is 0 Å². The highest BCUT2D eigenvalue weighted by Gasteiger charge is 2.64. The Morgan fingerprint density at radius 1 is 1.11 bits per heavy atom.